The molecule has 0 radical (unpaired) electrons. The molecule has 3 heterocycles. The maximum atomic E-state index is 11.4. The number of imide groups is 3. The minimum Gasteiger partial charge on any atom is -0.330 e. The summed E-state index contributed by atoms with van der Waals surface area (Å²) in [6.07, 6.45) is 2.11. The molecule has 3 aliphatic rings. The zero-order valence-corrected chi connectivity index (χ0v) is 23.5. The Labute approximate surface area is 229 Å². The summed E-state index contributed by atoms with van der Waals surface area (Å²) < 4.78 is 30.2. The van der Waals surface area contributed by atoms with Crippen molar-refractivity contribution in [3.8, 4) is 0 Å². The van der Waals surface area contributed by atoms with Gasteiger partial charge < -0.3 is 9.68 Å². The predicted octanol–water partition coefficient (Wildman–Crippen LogP) is -0.315. The lowest BCUT2D eigenvalue weighted by atomic mass is 10.2. The van der Waals surface area contributed by atoms with Gasteiger partial charge >= 0.3 is 11.9 Å². The molecule has 2 fully saturated rings. The Bertz CT molecular complexity index is 1190. The lowest BCUT2D eigenvalue weighted by Crippen LogP contribution is -2.37. The first-order valence-electron chi connectivity index (χ1n) is 12.0. The normalized spacial score (nSPS) is 18.9. The number of hydrogen-bond acceptors (Lipinski definition) is 12. The van der Waals surface area contributed by atoms with Crippen LogP contribution in [0.1, 0.15) is 60.8 Å². The highest BCUT2D eigenvalue weighted by Gasteiger charge is 2.48. The van der Waals surface area contributed by atoms with E-state index >= 15 is 0 Å². The minimum absolute atomic E-state index is 0.0324. The Balaban J connectivity index is 0.000000311. The van der Waals surface area contributed by atoms with Gasteiger partial charge in [0.25, 0.3) is 45.6 Å². The Kier molecular flexibility index (Phi) is 11.8. The van der Waals surface area contributed by atoms with E-state index in [2.05, 4.69) is 9.68 Å². The molecule has 1 atom stereocenters. The largest absolute Gasteiger partial charge is 0.335 e. The van der Waals surface area contributed by atoms with Crippen molar-refractivity contribution < 1.29 is 61.0 Å². The summed E-state index contributed by atoms with van der Waals surface area (Å²) in [4.78, 5) is 98.7. The number of hydroxylamine groups is 4. The van der Waals surface area contributed by atoms with Crippen molar-refractivity contribution >= 4 is 57.5 Å². The SMILES string of the molecule is CC(C)C(=O)ON1C(=O)CC(S(=O)(=O)O)C1=O.CC(C)C(=O)ON1C(=O)CCC1=O.CC(C)N1C(=O)C=CC1=O. The van der Waals surface area contributed by atoms with E-state index < -0.39 is 63.3 Å². The van der Waals surface area contributed by atoms with Crippen LogP contribution in [0.25, 0.3) is 0 Å². The van der Waals surface area contributed by atoms with E-state index in [-0.39, 0.29) is 41.7 Å². The molecule has 0 saturated carbocycles. The number of amides is 6. The lowest BCUT2D eigenvalue weighted by Gasteiger charge is -2.17. The number of rotatable bonds is 6. The number of nitrogens with zero attached hydrogens (tertiary/aromatic N) is 3. The molecule has 0 bridgehead atoms. The lowest BCUT2D eigenvalue weighted by molar-refractivity contribution is -0.199. The van der Waals surface area contributed by atoms with Gasteiger partial charge in [0.05, 0.1) is 18.3 Å². The van der Waals surface area contributed by atoms with E-state index in [1.807, 2.05) is 13.8 Å². The fraction of sp³-hybridized carbons (Fsp3) is 0.565. The van der Waals surface area contributed by atoms with Gasteiger partial charge in [0.15, 0.2) is 5.25 Å². The molecule has 222 valence electrons. The van der Waals surface area contributed by atoms with Crippen LogP contribution in [0.3, 0.4) is 0 Å². The quantitative estimate of drug-likeness (QED) is 0.311. The van der Waals surface area contributed by atoms with Crippen molar-refractivity contribution in [1.29, 1.82) is 0 Å². The van der Waals surface area contributed by atoms with Gasteiger partial charge in [0, 0.05) is 31.0 Å². The first-order valence-corrected chi connectivity index (χ1v) is 13.5. The third-order valence-electron chi connectivity index (χ3n) is 5.09. The first kappa shape index (κ1) is 34.0. The highest BCUT2D eigenvalue weighted by molar-refractivity contribution is 7.87. The second-order valence-electron chi connectivity index (χ2n) is 9.42. The van der Waals surface area contributed by atoms with E-state index in [4.69, 9.17) is 4.55 Å². The molecule has 40 heavy (non-hydrogen) atoms. The van der Waals surface area contributed by atoms with Gasteiger partial charge in [0.1, 0.15) is 0 Å². The molecule has 3 aliphatic heterocycles. The average Bonchev–Trinajstić information content (AvgIpc) is 3.44. The van der Waals surface area contributed by atoms with E-state index in [0.29, 0.717) is 5.06 Å². The maximum absolute atomic E-state index is 11.4. The second-order valence-corrected chi connectivity index (χ2v) is 11.0. The summed E-state index contributed by atoms with van der Waals surface area (Å²) in [6, 6.07) is -0.0324. The van der Waals surface area contributed by atoms with Crippen LogP contribution in [0, 0.1) is 11.8 Å². The molecular formula is C23H31N3O13S. The van der Waals surface area contributed by atoms with Crippen molar-refractivity contribution in [1.82, 2.24) is 15.0 Å². The summed E-state index contributed by atoms with van der Waals surface area (Å²) in [5.74, 6) is -5.89. The van der Waals surface area contributed by atoms with E-state index in [1.165, 1.54) is 30.9 Å². The van der Waals surface area contributed by atoms with Crippen molar-refractivity contribution in [2.45, 2.75) is 72.1 Å². The zero-order valence-electron chi connectivity index (χ0n) is 22.7. The van der Waals surface area contributed by atoms with Gasteiger partial charge in [0.2, 0.25) is 0 Å². The van der Waals surface area contributed by atoms with Crippen LogP contribution in [0.2, 0.25) is 0 Å². The van der Waals surface area contributed by atoms with Crippen LogP contribution in [0.15, 0.2) is 12.2 Å². The minimum atomic E-state index is -4.68. The van der Waals surface area contributed by atoms with E-state index in [1.54, 1.807) is 13.8 Å². The Morgan fingerprint density at radius 3 is 1.48 bits per heavy atom. The topological polar surface area (TPSA) is 219 Å². The van der Waals surface area contributed by atoms with Crippen LogP contribution in [0.4, 0.5) is 0 Å². The van der Waals surface area contributed by atoms with Crippen LogP contribution in [-0.2, 0) is 58.1 Å². The van der Waals surface area contributed by atoms with Gasteiger partial charge in [-0.3, -0.25) is 38.2 Å². The molecule has 0 aliphatic carbocycles. The van der Waals surface area contributed by atoms with Crippen LogP contribution in [0.5, 0.6) is 0 Å². The van der Waals surface area contributed by atoms with Gasteiger partial charge in [-0.2, -0.15) is 8.42 Å². The van der Waals surface area contributed by atoms with Gasteiger partial charge in [-0.05, 0) is 13.8 Å². The standard InChI is InChI=1S/C8H11NO7S.C8H11NO4.C7H9NO2/c1-4(2)8(12)16-9-6(10)3-5(7(9)11)17(13,14)15;1-5(2)8(12)13-9-6(10)3-4-7(9)11;1-5(2)8-6(9)3-4-7(8)10/h4-5H,3H2,1-2H3,(H,13,14,15);5H,3-4H2,1-2H3;3-5H,1-2H3. The molecule has 0 aromatic heterocycles. The molecule has 2 saturated heterocycles. The monoisotopic (exact) mass is 589 g/mol. The van der Waals surface area contributed by atoms with Crippen LogP contribution >= 0.6 is 0 Å². The number of hydrogen-bond donors (Lipinski definition) is 1. The smallest absolute Gasteiger partial charge is 0.330 e. The summed E-state index contributed by atoms with van der Waals surface area (Å²) in [5, 5.41) is -1.25. The Hall–Kier alpha value is -3.99. The zero-order chi connectivity index (χ0) is 31.1. The van der Waals surface area contributed by atoms with Crippen LogP contribution in [-0.4, -0.2) is 86.7 Å². The molecule has 16 nitrogen and oxygen atoms in total. The van der Waals surface area contributed by atoms with E-state index in [0.717, 1.165) is 0 Å². The maximum Gasteiger partial charge on any atom is 0.335 e. The third-order valence-corrected chi connectivity index (χ3v) is 6.18. The highest BCUT2D eigenvalue weighted by Crippen LogP contribution is 2.20. The molecule has 6 amide bonds. The van der Waals surface area contributed by atoms with Gasteiger partial charge in [-0.15, -0.1) is 10.1 Å². The fourth-order valence-corrected chi connectivity index (χ4v) is 3.58. The Morgan fingerprint density at radius 2 is 1.18 bits per heavy atom. The summed E-state index contributed by atoms with van der Waals surface area (Å²) in [5.41, 5.74) is 0. The molecule has 0 spiro atoms. The second kappa shape index (κ2) is 13.9. The number of carbonyl (C=O) groups is 8. The van der Waals surface area contributed by atoms with Crippen molar-refractivity contribution in [2.75, 3.05) is 0 Å². The van der Waals surface area contributed by atoms with Crippen LogP contribution < -0.4 is 0 Å². The predicted molar refractivity (Wildman–Crippen MR) is 131 cm³/mol. The summed E-state index contributed by atoms with van der Waals surface area (Å²) in [7, 11) is -4.68. The molecule has 1 unspecified atom stereocenters. The van der Waals surface area contributed by atoms with Crippen molar-refractivity contribution in [2.24, 2.45) is 11.8 Å². The van der Waals surface area contributed by atoms with Gasteiger partial charge in [-0.1, -0.05) is 27.7 Å². The first-order chi connectivity index (χ1) is 18.3. The highest BCUT2D eigenvalue weighted by atomic mass is 32.2. The molecular weight excluding hydrogens is 558 g/mol. The van der Waals surface area contributed by atoms with E-state index in [9.17, 15) is 46.8 Å². The summed E-state index contributed by atoms with van der Waals surface area (Å²) in [6.45, 7) is 9.84. The molecule has 0 aromatic carbocycles. The molecule has 0 aromatic rings. The molecule has 1 N–H and O–H groups in total. The average molecular weight is 590 g/mol. The summed E-state index contributed by atoms with van der Waals surface area (Å²) >= 11 is 0. The molecule has 17 heteroatoms. The Morgan fingerprint density at radius 1 is 0.775 bits per heavy atom. The number of carbonyl (C=O) groups excluding carboxylic acids is 8. The molecule has 3 rings (SSSR count). The van der Waals surface area contributed by atoms with Crippen molar-refractivity contribution in [3.63, 3.8) is 0 Å². The van der Waals surface area contributed by atoms with Gasteiger partial charge in [-0.25, -0.2) is 9.59 Å². The van der Waals surface area contributed by atoms with Crippen molar-refractivity contribution in [3.05, 3.63) is 12.2 Å². The fourth-order valence-electron chi connectivity index (χ4n) is 2.88. The third kappa shape index (κ3) is 9.04.